The van der Waals surface area contributed by atoms with Gasteiger partial charge in [0.05, 0.1) is 0 Å². The summed E-state index contributed by atoms with van der Waals surface area (Å²) in [7, 11) is 3.18. The molecule has 0 saturated heterocycles. The monoisotopic (exact) mass is 591 g/mol. The van der Waals surface area contributed by atoms with E-state index in [0.717, 1.165) is 19.8 Å². The van der Waals surface area contributed by atoms with Gasteiger partial charge in [-0.15, -0.1) is 0 Å². The summed E-state index contributed by atoms with van der Waals surface area (Å²) in [6.07, 6.45) is 0. The van der Waals surface area contributed by atoms with Crippen molar-refractivity contribution in [2.45, 2.75) is 0 Å². The van der Waals surface area contributed by atoms with Crippen molar-refractivity contribution in [3.8, 4) is 0 Å². The van der Waals surface area contributed by atoms with Crippen LogP contribution in [0.4, 0.5) is 5.69 Å². The molecule has 1 aliphatic rings. The van der Waals surface area contributed by atoms with Gasteiger partial charge in [-0.25, -0.2) is 0 Å². The number of amides is 2. The molecule has 1 heterocycles. The number of nitrogens with one attached hydrogen (secondary N) is 2. The number of hydroxylamine groups is 1. The molecule has 0 saturated carbocycles. The van der Waals surface area contributed by atoms with E-state index in [1.54, 1.807) is 30.3 Å². The normalized spacial score (nSPS) is 13.9. The van der Waals surface area contributed by atoms with Crippen LogP contribution in [0.1, 0.15) is 31.8 Å². The molecule has 0 aromatic heterocycles. The Bertz CT molecular complexity index is 1380. The summed E-state index contributed by atoms with van der Waals surface area (Å²) in [5, 5.41) is 11.8. The van der Waals surface area contributed by atoms with Crippen LogP contribution in [0.3, 0.4) is 0 Å². The molecule has 10 heteroatoms. The first kappa shape index (κ1) is 28.3. The number of aliphatic hydroxyl groups is 1. The summed E-state index contributed by atoms with van der Waals surface area (Å²) in [5.74, 6) is -1.03. The first-order valence-electron chi connectivity index (χ1n) is 12.3. The Labute approximate surface area is 233 Å². The quantitative estimate of drug-likeness (QED) is 0.102. The molecule has 3 aromatic rings. The number of esters is 1. The van der Waals surface area contributed by atoms with Gasteiger partial charge in [0.2, 0.25) is 0 Å². The zero-order valence-electron chi connectivity index (χ0n) is 21.7. The number of anilines is 1. The molecule has 3 N–H and O–H groups in total. The molecule has 2 amide bonds. The van der Waals surface area contributed by atoms with Gasteiger partial charge in [0.25, 0.3) is 0 Å². The van der Waals surface area contributed by atoms with Gasteiger partial charge in [-0.05, 0) is 0 Å². The molecule has 0 aliphatic carbocycles. The van der Waals surface area contributed by atoms with E-state index in [-0.39, 0.29) is 18.4 Å². The van der Waals surface area contributed by atoms with Crippen molar-refractivity contribution in [2.75, 3.05) is 45.8 Å². The van der Waals surface area contributed by atoms with Crippen LogP contribution in [0.2, 0.25) is 0 Å². The molecule has 0 spiro atoms. The van der Waals surface area contributed by atoms with Crippen LogP contribution in [-0.4, -0.2) is 84.0 Å². The average Bonchev–Trinajstić information content (AvgIpc) is 3.29. The van der Waals surface area contributed by atoms with Gasteiger partial charge < -0.3 is 5.11 Å². The Kier molecular flexibility index (Phi) is 9.68. The summed E-state index contributed by atoms with van der Waals surface area (Å²) in [5.41, 5.74) is 6.14. The van der Waals surface area contributed by atoms with Gasteiger partial charge in [0.1, 0.15) is 0 Å². The maximum atomic E-state index is 13.2. The van der Waals surface area contributed by atoms with Crippen LogP contribution < -0.4 is 15.1 Å². The Morgan fingerprint density at radius 1 is 0.974 bits per heavy atom. The van der Waals surface area contributed by atoms with Gasteiger partial charge in [-0.1, -0.05) is 0 Å². The van der Waals surface area contributed by atoms with Crippen LogP contribution in [0.15, 0.2) is 72.8 Å². The second kappa shape index (κ2) is 13.4. The number of nitrogens with zero attached hydrogens (tertiary/aromatic N) is 1. The van der Waals surface area contributed by atoms with E-state index in [4.69, 9.17) is 14.7 Å². The van der Waals surface area contributed by atoms with Crippen LogP contribution in [0, 0.1) is 0 Å². The number of carbonyl (C=O) groups excluding carboxylic acids is 3. The van der Waals surface area contributed by atoms with Crippen molar-refractivity contribution in [3.63, 3.8) is 0 Å². The van der Waals surface area contributed by atoms with Crippen LogP contribution in [0.5, 0.6) is 0 Å². The van der Waals surface area contributed by atoms with Crippen molar-refractivity contribution in [1.82, 2.24) is 10.4 Å². The fraction of sp³-hybridized carbons (Fsp3) is 0.207. The second-order valence-electron chi connectivity index (χ2n) is 8.83. The Morgan fingerprint density at radius 2 is 1.69 bits per heavy atom. The van der Waals surface area contributed by atoms with Gasteiger partial charge in [-0.3, -0.25) is 0 Å². The Hall–Kier alpha value is -3.75. The number of rotatable bonds is 11. The predicted molar refractivity (Wildman–Crippen MR) is 151 cm³/mol. The average molecular weight is 591 g/mol. The van der Waals surface area contributed by atoms with E-state index < -0.39 is 21.7 Å². The van der Waals surface area contributed by atoms with E-state index >= 15 is 0 Å². The van der Waals surface area contributed by atoms with Crippen LogP contribution in [-0.2, 0) is 14.4 Å². The van der Waals surface area contributed by atoms with Crippen molar-refractivity contribution in [1.29, 1.82) is 0 Å². The molecule has 39 heavy (non-hydrogen) atoms. The maximum absolute atomic E-state index is 13.2. The van der Waals surface area contributed by atoms with Gasteiger partial charge in [0, 0.05) is 0 Å². The number of methoxy groups -OCH3 is 1. The van der Waals surface area contributed by atoms with Gasteiger partial charge in [-0.2, -0.15) is 0 Å². The number of fused-ring (bicyclic) bond motifs is 1. The third-order valence-electron chi connectivity index (χ3n) is 6.14. The van der Waals surface area contributed by atoms with E-state index in [1.165, 1.54) is 7.11 Å². The van der Waals surface area contributed by atoms with Crippen molar-refractivity contribution in [3.05, 3.63) is 95.1 Å². The van der Waals surface area contributed by atoms with E-state index in [9.17, 15) is 14.4 Å². The molecule has 1 atom stereocenters. The van der Waals surface area contributed by atoms with E-state index in [0.29, 0.717) is 42.1 Å². The molecule has 0 radical (unpaired) electrons. The van der Waals surface area contributed by atoms with E-state index in [1.807, 2.05) is 54.4 Å². The summed E-state index contributed by atoms with van der Waals surface area (Å²) < 4.78 is 6.80. The zero-order chi connectivity index (χ0) is 27.8. The van der Waals surface area contributed by atoms with Crippen LogP contribution >= 0.6 is 0 Å². The molecule has 4 rings (SSSR count). The summed E-state index contributed by atoms with van der Waals surface area (Å²) in [4.78, 5) is 44.8. The molecule has 0 bridgehead atoms. The number of ether oxygens (including phenoxy) is 1. The fourth-order valence-electron chi connectivity index (χ4n) is 4.06. The second-order valence-corrected chi connectivity index (χ2v) is 11.6. The topological polar surface area (TPSA) is 117 Å². The number of likely N-dealkylation sites (N-methyl/N-ethyl adjacent to an activating group) is 1. The Morgan fingerprint density at radius 3 is 2.38 bits per heavy atom. The third kappa shape index (κ3) is 7.02. The van der Waals surface area contributed by atoms with E-state index in [2.05, 4.69) is 10.8 Å². The standard InChI is InChI=1S/C29H30AsN3O6/c1-33(14-16-34)15-17-39-32-27(35)20-8-11-22(12-9-20)30-26(19-6-4-3-5-7-19)25-23-13-10-21(29(37)38-2)18-24(23)31-28(25)36/h3-13,18,30,34H,14-17H2,1-2H3,(H,31,36)(H,32,35)/b26-25-. The fourth-order valence-corrected chi connectivity index (χ4v) is 6.80. The molecule has 9 nitrogen and oxygen atoms in total. The van der Waals surface area contributed by atoms with Gasteiger partial charge >= 0.3 is 229 Å². The first-order chi connectivity index (χ1) is 18.9. The molecular formula is C29H30AsN3O6. The van der Waals surface area contributed by atoms with Crippen molar-refractivity contribution in [2.24, 2.45) is 0 Å². The molecule has 1 unspecified atom stereocenters. The number of benzene rings is 3. The molecule has 3 aromatic carbocycles. The summed E-state index contributed by atoms with van der Waals surface area (Å²) >= 11 is -1.00. The van der Waals surface area contributed by atoms with Crippen molar-refractivity contribution >= 4 is 53.5 Å². The summed E-state index contributed by atoms with van der Waals surface area (Å²) in [6.45, 7) is 1.47. The summed E-state index contributed by atoms with van der Waals surface area (Å²) in [6, 6.07) is 22.1. The molecule has 202 valence electrons. The number of aliphatic hydroxyl groups excluding tert-OH is 1. The predicted octanol–water partition coefficient (Wildman–Crippen LogP) is 1.64. The molecule has 1 aliphatic heterocycles. The minimum absolute atomic E-state index is 0.0639. The van der Waals surface area contributed by atoms with Crippen molar-refractivity contribution < 1.29 is 29.1 Å². The third-order valence-corrected chi connectivity index (χ3v) is 9.10. The number of hydrogen-bond donors (Lipinski definition) is 3. The first-order valence-corrected chi connectivity index (χ1v) is 14.4. The van der Waals surface area contributed by atoms with Crippen LogP contribution in [0.25, 0.3) is 9.93 Å². The molecular weight excluding hydrogens is 561 g/mol. The molecule has 0 fully saturated rings. The Balaban J connectivity index is 1.55. The zero-order valence-corrected chi connectivity index (χ0v) is 23.8. The SMILES string of the molecule is COC(=O)c1ccc2c(c1)NC(=O)/C2=C(\[AsH]c1ccc(C(=O)NOCCN(C)CCO)cc1)c1ccccc1. The van der Waals surface area contributed by atoms with Gasteiger partial charge in [0.15, 0.2) is 0 Å². The number of carbonyl (C=O) groups is 3. The minimum atomic E-state index is -1.00. The number of hydrogen-bond acceptors (Lipinski definition) is 7.